The van der Waals surface area contributed by atoms with Gasteiger partial charge < -0.3 is 9.63 Å². The van der Waals surface area contributed by atoms with E-state index in [2.05, 4.69) is 5.16 Å². The lowest BCUT2D eigenvalue weighted by atomic mass is 10.0. The van der Waals surface area contributed by atoms with Gasteiger partial charge >= 0.3 is 0 Å². The normalized spacial score (nSPS) is 20.7. The Morgan fingerprint density at radius 1 is 1.30 bits per heavy atom. The molecule has 6 nitrogen and oxygen atoms in total. The molecule has 3 rings (SSSR count). The molecule has 0 amide bonds. The van der Waals surface area contributed by atoms with E-state index in [0.29, 0.717) is 18.7 Å². The fourth-order valence-corrected chi connectivity index (χ4v) is 4.80. The zero-order chi connectivity index (χ0) is 16.3. The van der Waals surface area contributed by atoms with E-state index < -0.39 is 16.1 Å². The minimum absolute atomic E-state index is 0.165. The second-order valence-electron chi connectivity index (χ2n) is 5.82. The molecule has 2 unspecified atom stereocenters. The molecule has 124 valence electrons. The second-order valence-corrected chi connectivity index (χ2v) is 7.74. The van der Waals surface area contributed by atoms with Crippen LogP contribution < -0.4 is 0 Å². The first-order chi connectivity index (χ1) is 11.1. The first-order valence-electron chi connectivity index (χ1n) is 7.68. The Labute approximate surface area is 135 Å². The van der Waals surface area contributed by atoms with Gasteiger partial charge in [0, 0.05) is 18.7 Å². The molecule has 1 aromatic heterocycles. The number of aliphatic hydroxyl groups excluding tert-OH is 1. The molecule has 1 fully saturated rings. The van der Waals surface area contributed by atoms with Crippen molar-refractivity contribution in [2.24, 2.45) is 0 Å². The van der Waals surface area contributed by atoms with Gasteiger partial charge in [-0.3, -0.25) is 0 Å². The van der Waals surface area contributed by atoms with Crippen LogP contribution in [0.5, 0.6) is 0 Å². The summed E-state index contributed by atoms with van der Waals surface area (Å²) in [7, 11) is -3.46. The van der Waals surface area contributed by atoms with Crippen LogP contribution in [0.3, 0.4) is 0 Å². The van der Waals surface area contributed by atoms with Crippen molar-refractivity contribution in [1.82, 2.24) is 9.46 Å². The van der Waals surface area contributed by atoms with E-state index in [9.17, 15) is 13.5 Å². The Hall–Kier alpha value is -1.70. The number of hydrogen-bond donors (Lipinski definition) is 1. The Balaban J connectivity index is 1.70. The minimum atomic E-state index is -3.46. The summed E-state index contributed by atoms with van der Waals surface area (Å²) in [6, 6.07) is 10.7. The van der Waals surface area contributed by atoms with Gasteiger partial charge in [-0.05, 0) is 24.8 Å². The van der Waals surface area contributed by atoms with E-state index in [1.165, 1.54) is 10.6 Å². The van der Waals surface area contributed by atoms with Crippen LogP contribution in [0.1, 0.15) is 36.6 Å². The predicted octanol–water partition coefficient (Wildman–Crippen LogP) is 2.09. The Kier molecular flexibility index (Phi) is 4.79. The lowest BCUT2D eigenvalue weighted by molar-refractivity contribution is 0.142. The van der Waals surface area contributed by atoms with Crippen LogP contribution in [-0.2, 0) is 15.8 Å². The molecule has 1 aliphatic heterocycles. The molecule has 1 N–H and O–H groups in total. The average molecular weight is 336 g/mol. The maximum absolute atomic E-state index is 12.6. The van der Waals surface area contributed by atoms with Gasteiger partial charge in [-0.15, -0.1) is 0 Å². The van der Waals surface area contributed by atoms with Gasteiger partial charge in [-0.25, -0.2) is 8.42 Å². The summed E-state index contributed by atoms with van der Waals surface area (Å²) in [6.07, 6.45) is 2.68. The van der Waals surface area contributed by atoms with E-state index in [1.807, 2.05) is 30.3 Å². The third-order valence-electron chi connectivity index (χ3n) is 4.18. The topological polar surface area (TPSA) is 83.6 Å². The lowest BCUT2D eigenvalue weighted by Crippen LogP contribution is -2.37. The van der Waals surface area contributed by atoms with Crippen LogP contribution in [0.4, 0.5) is 0 Å². The molecular formula is C16H20N2O4S. The molecule has 1 saturated heterocycles. The molecule has 23 heavy (non-hydrogen) atoms. The number of aromatic nitrogens is 1. The molecule has 1 aliphatic rings. The van der Waals surface area contributed by atoms with E-state index in [4.69, 9.17) is 4.52 Å². The predicted molar refractivity (Wildman–Crippen MR) is 84.9 cm³/mol. The zero-order valence-corrected chi connectivity index (χ0v) is 13.5. The maximum atomic E-state index is 12.6. The fourth-order valence-electron chi connectivity index (χ4n) is 3.06. The van der Waals surface area contributed by atoms with Crippen molar-refractivity contribution in [3.05, 3.63) is 53.9 Å². The van der Waals surface area contributed by atoms with Gasteiger partial charge in [0.2, 0.25) is 10.0 Å². The van der Waals surface area contributed by atoms with Gasteiger partial charge in [0.15, 0.2) is 0 Å². The number of nitrogens with zero attached hydrogens (tertiary/aromatic N) is 2. The molecule has 2 heterocycles. The van der Waals surface area contributed by atoms with E-state index >= 15 is 0 Å². The van der Waals surface area contributed by atoms with Crippen molar-refractivity contribution in [1.29, 1.82) is 0 Å². The molecule has 0 aliphatic carbocycles. The Morgan fingerprint density at radius 3 is 2.78 bits per heavy atom. The summed E-state index contributed by atoms with van der Waals surface area (Å²) in [6.45, 7) is 0.492. The average Bonchev–Trinajstić information content (AvgIpc) is 3.19. The summed E-state index contributed by atoms with van der Waals surface area (Å²) < 4.78 is 31.4. The molecule has 2 atom stereocenters. The number of benzene rings is 1. The lowest BCUT2D eigenvalue weighted by Gasteiger charge is -2.25. The molecule has 0 spiro atoms. The first-order valence-corrected chi connectivity index (χ1v) is 9.29. The molecule has 0 radical (unpaired) electrons. The number of hydrogen-bond acceptors (Lipinski definition) is 5. The number of sulfonamides is 1. The van der Waals surface area contributed by atoms with Crippen molar-refractivity contribution in [3.8, 4) is 0 Å². The molecule has 0 saturated carbocycles. The van der Waals surface area contributed by atoms with Gasteiger partial charge in [0.05, 0.1) is 11.8 Å². The van der Waals surface area contributed by atoms with Crippen molar-refractivity contribution in [2.45, 2.75) is 37.2 Å². The molecule has 7 heteroatoms. The van der Waals surface area contributed by atoms with Crippen LogP contribution in [0.2, 0.25) is 0 Å². The quantitative estimate of drug-likeness (QED) is 0.873. The monoisotopic (exact) mass is 336 g/mol. The number of aliphatic hydroxyl groups is 1. The standard InChI is InChI=1S/C16H20N2O4S/c19-16(13-5-2-1-3-6-13)11-15-7-4-9-18(15)23(20,21)12-14-8-10-22-17-14/h1-3,5-6,8,10,15-16,19H,4,7,9,11-12H2. The van der Waals surface area contributed by atoms with Crippen LogP contribution in [0.15, 0.2) is 47.2 Å². The highest BCUT2D eigenvalue weighted by atomic mass is 32.2. The third kappa shape index (κ3) is 3.80. The van der Waals surface area contributed by atoms with E-state index in [-0.39, 0.29) is 11.8 Å². The highest BCUT2D eigenvalue weighted by Crippen LogP contribution is 2.30. The van der Waals surface area contributed by atoms with E-state index in [1.54, 1.807) is 6.07 Å². The van der Waals surface area contributed by atoms with Gasteiger partial charge in [0.25, 0.3) is 0 Å². The van der Waals surface area contributed by atoms with Crippen molar-refractivity contribution in [2.75, 3.05) is 6.54 Å². The molecule has 0 bridgehead atoms. The highest BCUT2D eigenvalue weighted by Gasteiger charge is 2.35. The van der Waals surface area contributed by atoms with Crippen LogP contribution >= 0.6 is 0 Å². The third-order valence-corrected chi connectivity index (χ3v) is 6.04. The summed E-state index contributed by atoms with van der Waals surface area (Å²) in [4.78, 5) is 0. The fraction of sp³-hybridized carbons (Fsp3) is 0.438. The van der Waals surface area contributed by atoms with Crippen LogP contribution in [-0.4, -0.2) is 35.6 Å². The largest absolute Gasteiger partial charge is 0.388 e. The molecule has 1 aromatic carbocycles. The zero-order valence-electron chi connectivity index (χ0n) is 12.7. The smallest absolute Gasteiger partial charge is 0.220 e. The first kappa shape index (κ1) is 16.2. The molecular weight excluding hydrogens is 316 g/mol. The van der Waals surface area contributed by atoms with Crippen LogP contribution in [0, 0.1) is 0 Å². The summed E-state index contributed by atoms with van der Waals surface area (Å²) in [5.41, 5.74) is 1.22. The number of rotatable bonds is 6. The molecule has 2 aromatic rings. The summed E-state index contributed by atoms with van der Waals surface area (Å²) >= 11 is 0. The van der Waals surface area contributed by atoms with Gasteiger partial charge in [0.1, 0.15) is 12.0 Å². The summed E-state index contributed by atoms with van der Waals surface area (Å²) in [5.74, 6) is -0.165. The Bertz CT molecular complexity index is 716. The Morgan fingerprint density at radius 2 is 2.09 bits per heavy atom. The van der Waals surface area contributed by atoms with E-state index in [0.717, 1.165) is 18.4 Å². The van der Waals surface area contributed by atoms with Crippen molar-refractivity contribution >= 4 is 10.0 Å². The van der Waals surface area contributed by atoms with Crippen molar-refractivity contribution < 1.29 is 18.0 Å². The minimum Gasteiger partial charge on any atom is -0.388 e. The second kappa shape index (κ2) is 6.82. The van der Waals surface area contributed by atoms with Gasteiger partial charge in [-0.2, -0.15) is 4.31 Å². The SMILES string of the molecule is O=S(=O)(Cc1ccon1)N1CCCC1CC(O)c1ccccc1. The summed E-state index contributed by atoms with van der Waals surface area (Å²) in [5, 5.41) is 14.0. The van der Waals surface area contributed by atoms with Gasteiger partial charge in [-0.1, -0.05) is 35.5 Å². The van der Waals surface area contributed by atoms with Crippen molar-refractivity contribution in [3.63, 3.8) is 0 Å². The highest BCUT2D eigenvalue weighted by molar-refractivity contribution is 7.88. The maximum Gasteiger partial charge on any atom is 0.220 e. The van der Waals surface area contributed by atoms with Crippen LogP contribution in [0.25, 0.3) is 0 Å².